The molecule has 2 aliphatic rings. The van der Waals surface area contributed by atoms with Crippen LogP contribution in [0.5, 0.6) is 0 Å². The average molecular weight is 526 g/mol. The summed E-state index contributed by atoms with van der Waals surface area (Å²) >= 11 is 1.36. The normalized spacial score (nSPS) is 22.8. The summed E-state index contributed by atoms with van der Waals surface area (Å²) in [6.45, 7) is 14.4. The molecule has 37 heavy (non-hydrogen) atoms. The Labute approximate surface area is 225 Å². The highest BCUT2D eigenvalue weighted by atomic mass is 32.1. The molecule has 1 aliphatic carbocycles. The van der Waals surface area contributed by atoms with Gasteiger partial charge in [-0.05, 0) is 90.2 Å². The van der Waals surface area contributed by atoms with E-state index in [0.717, 1.165) is 41.6 Å². The molecule has 0 bridgehead atoms. The van der Waals surface area contributed by atoms with Gasteiger partial charge in [0.1, 0.15) is 4.88 Å². The van der Waals surface area contributed by atoms with Crippen molar-refractivity contribution in [1.82, 2.24) is 0 Å². The molecule has 1 amide bonds. The van der Waals surface area contributed by atoms with Crippen molar-refractivity contribution in [3.63, 3.8) is 0 Å². The van der Waals surface area contributed by atoms with Gasteiger partial charge in [-0.1, -0.05) is 31.2 Å². The van der Waals surface area contributed by atoms with E-state index in [1.807, 2.05) is 76.8 Å². The van der Waals surface area contributed by atoms with Gasteiger partial charge in [0.05, 0.1) is 24.0 Å². The molecule has 6 nitrogen and oxygen atoms in total. The highest BCUT2D eigenvalue weighted by Gasteiger charge is 2.51. The first-order valence-corrected chi connectivity index (χ1v) is 14.2. The van der Waals surface area contributed by atoms with Crippen LogP contribution in [0.15, 0.2) is 30.3 Å². The number of ether oxygens (including phenoxy) is 1. The molecule has 1 saturated carbocycles. The third kappa shape index (κ3) is 5.52. The fourth-order valence-electron chi connectivity index (χ4n) is 5.08. The zero-order valence-electron chi connectivity index (χ0n) is 23.4. The molecule has 0 spiro atoms. The number of benzene rings is 1. The van der Waals surface area contributed by atoms with Gasteiger partial charge in [-0.25, -0.2) is 4.79 Å². The number of hydrogen-bond acceptors (Lipinski definition) is 6. The molecule has 2 fully saturated rings. The van der Waals surface area contributed by atoms with E-state index < -0.39 is 24.3 Å². The summed E-state index contributed by atoms with van der Waals surface area (Å²) < 4.78 is 17.5. The van der Waals surface area contributed by atoms with Crippen molar-refractivity contribution in [2.45, 2.75) is 91.4 Å². The third-order valence-corrected chi connectivity index (χ3v) is 9.34. The predicted octanol–water partition coefficient (Wildman–Crippen LogP) is 6.07. The number of esters is 1. The molecular weight excluding hydrogens is 485 g/mol. The van der Waals surface area contributed by atoms with E-state index in [4.69, 9.17) is 14.0 Å². The maximum Gasteiger partial charge on any atom is 0.494 e. The molecule has 1 aliphatic heterocycles. The Morgan fingerprint density at radius 1 is 1.03 bits per heavy atom. The largest absolute Gasteiger partial charge is 0.494 e. The molecule has 0 radical (unpaired) electrons. The van der Waals surface area contributed by atoms with E-state index in [0.29, 0.717) is 16.5 Å². The molecular formula is C29H40BNO5S. The lowest BCUT2D eigenvalue weighted by Crippen LogP contribution is -2.42. The minimum absolute atomic E-state index is 0.00774. The number of thiophene rings is 1. The minimum Gasteiger partial charge on any atom is -0.465 e. The molecule has 200 valence electrons. The molecule has 0 unspecified atom stereocenters. The van der Waals surface area contributed by atoms with Crippen LogP contribution in [-0.4, -0.2) is 43.3 Å². The highest BCUT2D eigenvalue weighted by molar-refractivity contribution is 7.18. The van der Waals surface area contributed by atoms with Crippen molar-refractivity contribution in [3.8, 4) is 10.4 Å². The van der Waals surface area contributed by atoms with Crippen LogP contribution < -0.4 is 10.4 Å². The molecule has 8 heteroatoms. The van der Waals surface area contributed by atoms with Gasteiger partial charge >= 0.3 is 13.1 Å². The lowest BCUT2D eigenvalue weighted by atomic mass is 9.79. The molecule has 2 heterocycles. The van der Waals surface area contributed by atoms with Crippen LogP contribution in [-0.2, 0) is 18.8 Å². The van der Waals surface area contributed by atoms with Crippen molar-refractivity contribution in [2.75, 3.05) is 12.0 Å². The first-order chi connectivity index (χ1) is 17.3. The van der Waals surface area contributed by atoms with Crippen LogP contribution >= 0.6 is 11.3 Å². The summed E-state index contributed by atoms with van der Waals surface area (Å²) in [5, 5.41) is 0. The monoisotopic (exact) mass is 525 g/mol. The Balaban J connectivity index is 1.64. The Kier molecular flexibility index (Phi) is 7.94. The predicted molar refractivity (Wildman–Crippen MR) is 151 cm³/mol. The van der Waals surface area contributed by atoms with Gasteiger partial charge < -0.3 is 18.9 Å². The van der Waals surface area contributed by atoms with Gasteiger partial charge in [0.2, 0.25) is 5.91 Å². The van der Waals surface area contributed by atoms with Crippen LogP contribution in [0.1, 0.15) is 83.8 Å². The molecule has 4 rings (SSSR count). The van der Waals surface area contributed by atoms with E-state index in [9.17, 15) is 9.59 Å². The van der Waals surface area contributed by atoms with E-state index in [1.165, 1.54) is 18.4 Å². The SMILES string of the molecule is COC(=O)c1sc(-c2ccc(B3OC(C)(C)C(C)(C)O3)cc2)cc1N(C(=O)C1CCC(C)CC1)C(C)C. The number of hydrogen-bond donors (Lipinski definition) is 0. The molecule has 1 aromatic carbocycles. The van der Waals surface area contributed by atoms with Crippen LogP contribution in [0.25, 0.3) is 10.4 Å². The second-order valence-corrected chi connectivity index (χ2v) is 12.8. The van der Waals surface area contributed by atoms with Gasteiger partial charge in [-0.2, -0.15) is 0 Å². The van der Waals surface area contributed by atoms with Gasteiger partial charge in [0.25, 0.3) is 0 Å². The number of anilines is 1. The summed E-state index contributed by atoms with van der Waals surface area (Å²) in [6.07, 6.45) is 3.93. The van der Waals surface area contributed by atoms with E-state index in [1.54, 1.807) is 0 Å². The lowest BCUT2D eigenvalue weighted by Gasteiger charge is -2.33. The van der Waals surface area contributed by atoms with Crippen LogP contribution in [0.3, 0.4) is 0 Å². The Hall–Kier alpha value is -2.16. The lowest BCUT2D eigenvalue weighted by molar-refractivity contribution is -0.123. The third-order valence-electron chi connectivity index (χ3n) is 8.18. The molecule has 0 atom stereocenters. The van der Waals surface area contributed by atoms with Crippen LogP contribution in [0, 0.1) is 11.8 Å². The van der Waals surface area contributed by atoms with Gasteiger partial charge in [-0.15, -0.1) is 11.3 Å². The minimum atomic E-state index is -0.434. The zero-order valence-corrected chi connectivity index (χ0v) is 24.2. The quantitative estimate of drug-likeness (QED) is 0.339. The van der Waals surface area contributed by atoms with Crippen molar-refractivity contribution in [3.05, 3.63) is 35.2 Å². The highest BCUT2D eigenvalue weighted by Crippen LogP contribution is 2.41. The fourth-order valence-corrected chi connectivity index (χ4v) is 6.15. The second-order valence-electron chi connectivity index (χ2n) is 11.8. The Bertz CT molecular complexity index is 1120. The maximum atomic E-state index is 13.7. The summed E-state index contributed by atoms with van der Waals surface area (Å²) in [4.78, 5) is 29.7. The molecule has 1 saturated heterocycles. The number of methoxy groups -OCH3 is 1. The zero-order chi connectivity index (χ0) is 27.1. The smallest absolute Gasteiger partial charge is 0.465 e. The standard InChI is InChI=1S/C29H40BNO5S/c1-18(2)31(26(32)21-11-9-19(3)10-12-21)23-17-24(37-25(23)27(33)34-8)20-13-15-22(16-14-20)30-35-28(4,5)29(6,7)36-30/h13-19,21H,9-12H2,1-8H3. The van der Waals surface area contributed by atoms with Crippen molar-refractivity contribution in [2.24, 2.45) is 11.8 Å². The molecule has 0 N–H and O–H groups in total. The number of amides is 1. The van der Waals surface area contributed by atoms with E-state index in [2.05, 4.69) is 6.92 Å². The number of rotatable bonds is 6. The number of carbonyl (C=O) groups is 2. The number of nitrogens with zero attached hydrogens (tertiary/aromatic N) is 1. The van der Waals surface area contributed by atoms with Crippen LogP contribution in [0.4, 0.5) is 5.69 Å². The Morgan fingerprint density at radius 3 is 2.11 bits per heavy atom. The topological polar surface area (TPSA) is 65.1 Å². The van der Waals surface area contributed by atoms with Gasteiger partial charge in [0, 0.05) is 16.8 Å². The first kappa shape index (κ1) is 27.9. The summed E-state index contributed by atoms with van der Waals surface area (Å²) in [6, 6.07) is 9.92. The van der Waals surface area contributed by atoms with Gasteiger partial charge in [-0.3, -0.25) is 4.79 Å². The van der Waals surface area contributed by atoms with E-state index >= 15 is 0 Å². The second kappa shape index (κ2) is 10.5. The fraction of sp³-hybridized carbons (Fsp3) is 0.586. The molecule has 2 aromatic rings. The van der Waals surface area contributed by atoms with Crippen molar-refractivity contribution >= 4 is 41.5 Å². The number of carbonyl (C=O) groups excluding carboxylic acids is 2. The Morgan fingerprint density at radius 2 is 1.59 bits per heavy atom. The summed E-state index contributed by atoms with van der Waals surface area (Å²) in [5.74, 6) is 0.338. The van der Waals surface area contributed by atoms with Gasteiger partial charge in [0.15, 0.2) is 0 Å². The molecule has 1 aromatic heterocycles. The summed E-state index contributed by atoms with van der Waals surface area (Å²) in [5.41, 5.74) is 1.73. The van der Waals surface area contributed by atoms with Crippen molar-refractivity contribution in [1.29, 1.82) is 0 Å². The van der Waals surface area contributed by atoms with Crippen molar-refractivity contribution < 1.29 is 23.6 Å². The van der Waals surface area contributed by atoms with Crippen LogP contribution in [0.2, 0.25) is 0 Å². The summed E-state index contributed by atoms with van der Waals surface area (Å²) in [7, 11) is 0.949. The van der Waals surface area contributed by atoms with E-state index in [-0.39, 0.29) is 17.9 Å². The average Bonchev–Trinajstić information content (AvgIpc) is 3.36. The first-order valence-electron chi connectivity index (χ1n) is 13.4. The maximum absolute atomic E-state index is 13.7.